The Bertz CT molecular complexity index is 830. The number of carbonyl (C=O) groups excluding carboxylic acids is 1. The number of carbonyl (C=O) groups is 1. The number of hydrogen-bond acceptors (Lipinski definition) is 3. The van der Waals surface area contributed by atoms with Crippen LogP contribution in [-0.4, -0.2) is 11.9 Å². The van der Waals surface area contributed by atoms with Gasteiger partial charge in [0.1, 0.15) is 22.4 Å². The molecule has 0 spiro atoms. The van der Waals surface area contributed by atoms with E-state index in [1.165, 1.54) is 12.8 Å². The SMILES string of the molecule is O=C(NC1CCCCCC1)c1ccc(COc2c(Cl)c(Cl)c(Cl)c(Cl)c2Cl)o1. The molecule has 9 heteroatoms. The summed E-state index contributed by atoms with van der Waals surface area (Å²) in [5, 5.41) is 3.31. The highest BCUT2D eigenvalue weighted by Gasteiger charge is 2.22. The molecule has 3 rings (SSSR count). The lowest BCUT2D eigenvalue weighted by Gasteiger charge is -2.15. The van der Waals surface area contributed by atoms with E-state index in [1.807, 2.05) is 0 Å². The van der Waals surface area contributed by atoms with E-state index in [2.05, 4.69) is 5.32 Å². The minimum Gasteiger partial charge on any atom is -0.482 e. The second kappa shape index (κ2) is 9.82. The Morgan fingerprint density at radius 1 is 0.929 bits per heavy atom. The number of nitrogens with one attached hydrogen (secondary N) is 1. The average Bonchev–Trinajstić information content (AvgIpc) is 3.02. The Morgan fingerprint density at radius 3 is 2.11 bits per heavy atom. The van der Waals surface area contributed by atoms with Crippen LogP contribution in [0.5, 0.6) is 5.75 Å². The summed E-state index contributed by atoms with van der Waals surface area (Å²) in [6.07, 6.45) is 6.71. The van der Waals surface area contributed by atoms with Crippen LogP contribution in [-0.2, 0) is 6.61 Å². The van der Waals surface area contributed by atoms with Gasteiger partial charge in [-0.2, -0.15) is 0 Å². The van der Waals surface area contributed by atoms with Gasteiger partial charge in [0.15, 0.2) is 11.5 Å². The molecule has 0 unspecified atom stereocenters. The van der Waals surface area contributed by atoms with E-state index in [0.717, 1.165) is 25.7 Å². The highest BCUT2D eigenvalue weighted by atomic mass is 35.5. The largest absolute Gasteiger partial charge is 0.482 e. The standard InChI is InChI=1S/C19H18Cl5NO3/c20-13-14(21)16(23)18(17(24)15(13)22)27-9-11-7-8-12(28-11)19(26)25-10-5-3-1-2-4-6-10/h7-8,10H,1-6,9H2,(H,25,26). The van der Waals surface area contributed by atoms with Gasteiger partial charge < -0.3 is 14.5 Å². The summed E-state index contributed by atoms with van der Waals surface area (Å²) >= 11 is 30.3. The van der Waals surface area contributed by atoms with Crippen molar-refractivity contribution in [3.63, 3.8) is 0 Å². The molecule has 1 heterocycles. The Balaban J connectivity index is 1.64. The van der Waals surface area contributed by atoms with Gasteiger partial charge in [0, 0.05) is 6.04 Å². The zero-order valence-electron chi connectivity index (χ0n) is 14.8. The molecule has 1 aliphatic carbocycles. The van der Waals surface area contributed by atoms with Crippen LogP contribution < -0.4 is 10.1 Å². The van der Waals surface area contributed by atoms with Gasteiger partial charge >= 0.3 is 0 Å². The zero-order valence-corrected chi connectivity index (χ0v) is 18.6. The first-order valence-corrected chi connectivity index (χ1v) is 10.8. The molecule has 1 aromatic carbocycles. The van der Waals surface area contributed by atoms with E-state index in [0.29, 0.717) is 5.76 Å². The number of ether oxygens (including phenoxy) is 1. The first-order valence-electron chi connectivity index (χ1n) is 8.92. The molecule has 4 nitrogen and oxygen atoms in total. The summed E-state index contributed by atoms with van der Waals surface area (Å²) in [4.78, 5) is 12.4. The Morgan fingerprint density at radius 2 is 1.50 bits per heavy atom. The van der Waals surface area contributed by atoms with Crippen molar-refractivity contribution < 1.29 is 13.9 Å². The first kappa shape index (κ1) is 21.9. The summed E-state index contributed by atoms with van der Waals surface area (Å²) < 4.78 is 11.2. The summed E-state index contributed by atoms with van der Waals surface area (Å²) in [6, 6.07) is 3.45. The van der Waals surface area contributed by atoms with E-state index in [4.69, 9.17) is 67.2 Å². The fourth-order valence-corrected chi connectivity index (χ4v) is 4.34. The highest BCUT2D eigenvalue weighted by Crippen LogP contribution is 2.48. The maximum Gasteiger partial charge on any atom is 0.287 e. The zero-order chi connectivity index (χ0) is 20.3. The summed E-state index contributed by atoms with van der Waals surface area (Å²) in [7, 11) is 0. The van der Waals surface area contributed by atoms with E-state index in [-0.39, 0.29) is 55.2 Å². The average molecular weight is 486 g/mol. The Labute approximate surface area is 188 Å². The van der Waals surface area contributed by atoms with Gasteiger partial charge in [0.2, 0.25) is 0 Å². The molecule has 28 heavy (non-hydrogen) atoms. The van der Waals surface area contributed by atoms with Crippen LogP contribution >= 0.6 is 58.0 Å². The van der Waals surface area contributed by atoms with Crippen molar-refractivity contribution in [3.8, 4) is 5.75 Å². The summed E-state index contributed by atoms with van der Waals surface area (Å²) in [5.74, 6) is 0.531. The lowest BCUT2D eigenvalue weighted by Crippen LogP contribution is -2.34. The van der Waals surface area contributed by atoms with Crippen LogP contribution in [0.1, 0.15) is 54.8 Å². The fourth-order valence-electron chi connectivity index (χ4n) is 3.11. The molecule has 0 bridgehead atoms. The van der Waals surface area contributed by atoms with Crippen LogP contribution in [0.3, 0.4) is 0 Å². The van der Waals surface area contributed by atoms with Crippen LogP contribution in [0.2, 0.25) is 25.1 Å². The minimum absolute atomic E-state index is 0.00949. The minimum atomic E-state index is -0.230. The van der Waals surface area contributed by atoms with Crippen molar-refractivity contribution in [3.05, 3.63) is 48.8 Å². The van der Waals surface area contributed by atoms with Gasteiger partial charge in [-0.05, 0) is 25.0 Å². The van der Waals surface area contributed by atoms with Crippen molar-refractivity contribution in [2.45, 2.75) is 51.2 Å². The maximum absolute atomic E-state index is 12.4. The molecule has 1 N–H and O–H groups in total. The van der Waals surface area contributed by atoms with Crippen LogP contribution in [0.4, 0.5) is 0 Å². The molecule has 0 saturated heterocycles. The normalized spacial score (nSPS) is 15.3. The predicted molar refractivity (Wildman–Crippen MR) is 113 cm³/mol. The molecule has 1 saturated carbocycles. The van der Waals surface area contributed by atoms with E-state index < -0.39 is 0 Å². The molecule has 1 aromatic heterocycles. The van der Waals surface area contributed by atoms with Crippen LogP contribution in [0.25, 0.3) is 0 Å². The molecule has 0 radical (unpaired) electrons. The monoisotopic (exact) mass is 483 g/mol. The first-order chi connectivity index (χ1) is 13.4. The smallest absolute Gasteiger partial charge is 0.287 e. The van der Waals surface area contributed by atoms with Gasteiger partial charge in [0.05, 0.1) is 15.1 Å². The molecule has 2 aromatic rings. The van der Waals surface area contributed by atoms with Gasteiger partial charge in [-0.15, -0.1) is 0 Å². The molecule has 1 amide bonds. The molecule has 1 aliphatic rings. The molecule has 1 fully saturated rings. The molecular weight excluding hydrogens is 467 g/mol. The maximum atomic E-state index is 12.4. The van der Waals surface area contributed by atoms with Gasteiger partial charge in [-0.1, -0.05) is 83.7 Å². The number of furan rings is 1. The number of hydrogen-bond donors (Lipinski definition) is 1. The van der Waals surface area contributed by atoms with E-state index >= 15 is 0 Å². The van der Waals surface area contributed by atoms with Crippen molar-refractivity contribution >= 4 is 63.9 Å². The number of halogens is 5. The van der Waals surface area contributed by atoms with Gasteiger partial charge in [-0.25, -0.2) is 0 Å². The lowest BCUT2D eigenvalue weighted by atomic mass is 10.1. The van der Waals surface area contributed by atoms with Crippen molar-refractivity contribution in [2.24, 2.45) is 0 Å². The fraction of sp³-hybridized carbons (Fsp3) is 0.421. The summed E-state index contributed by atoms with van der Waals surface area (Å²) in [6.45, 7) is -0.00949. The van der Waals surface area contributed by atoms with Gasteiger partial charge in [-0.3, -0.25) is 4.79 Å². The van der Waals surface area contributed by atoms with Gasteiger partial charge in [0.25, 0.3) is 5.91 Å². The summed E-state index contributed by atoms with van der Waals surface area (Å²) in [5.41, 5.74) is 0. The topological polar surface area (TPSA) is 51.5 Å². The van der Waals surface area contributed by atoms with Crippen molar-refractivity contribution in [2.75, 3.05) is 0 Å². The second-order valence-corrected chi connectivity index (χ2v) is 8.51. The third-order valence-corrected chi connectivity index (χ3v) is 6.85. The second-order valence-electron chi connectivity index (χ2n) is 6.62. The van der Waals surface area contributed by atoms with Crippen LogP contribution in [0.15, 0.2) is 16.5 Å². The highest BCUT2D eigenvalue weighted by molar-refractivity contribution is 6.55. The number of amides is 1. The van der Waals surface area contributed by atoms with Crippen molar-refractivity contribution in [1.29, 1.82) is 0 Å². The molecule has 0 atom stereocenters. The number of benzene rings is 1. The molecule has 0 aliphatic heterocycles. The van der Waals surface area contributed by atoms with Crippen LogP contribution in [0, 0.1) is 0 Å². The Hall–Kier alpha value is -0.780. The predicted octanol–water partition coefficient (Wildman–Crippen LogP) is 7.58. The molecular formula is C19H18Cl5NO3. The third kappa shape index (κ3) is 5.03. The number of rotatable bonds is 5. The Kier molecular flexibility index (Phi) is 7.68. The van der Waals surface area contributed by atoms with E-state index in [1.54, 1.807) is 12.1 Å². The quantitative estimate of drug-likeness (QED) is 0.270. The molecule has 152 valence electrons. The van der Waals surface area contributed by atoms with E-state index in [9.17, 15) is 4.79 Å². The lowest BCUT2D eigenvalue weighted by molar-refractivity contribution is 0.0901. The van der Waals surface area contributed by atoms with Crippen molar-refractivity contribution in [1.82, 2.24) is 5.32 Å². The third-order valence-electron chi connectivity index (χ3n) is 4.60.